The van der Waals surface area contributed by atoms with Gasteiger partial charge < -0.3 is 19.7 Å². The number of aliphatic imine (C=N–C) groups is 1. The fraction of sp³-hybridized carbons (Fsp3) is 0.609. The maximum atomic E-state index is 13.7. The number of carbonyl (C=O) groups excluding carboxylic acids is 2. The van der Waals surface area contributed by atoms with E-state index in [2.05, 4.69) is 112 Å². The fourth-order valence-corrected chi connectivity index (χ4v) is 8.27. The first kappa shape index (κ1) is 43.7. The number of hydrogen-bond donors (Lipinski definition) is 1. The number of aromatic nitrogens is 3. The molecule has 2 aromatic carbocycles. The van der Waals surface area contributed by atoms with Gasteiger partial charge in [-0.2, -0.15) is 5.10 Å². The topological polar surface area (TPSA) is 123 Å². The highest BCUT2D eigenvalue weighted by Crippen LogP contribution is 2.48. The molecule has 0 aliphatic carbocycles. The molecule has 1 aromatic heterocycles. The lowest BCUT2D eigenvalue weighted by Crippen LogP contribution is -2.49. The molecule has 0 radical (unpaired) electrons. The Balaban J connectivity index is 1.40. The Labute approximate surface area is 341 Å². The Morgan fingerprint density at radius 1 is 1.05 bits per heavy atom. The van der Waals surface area contributed by atoms with Crippen LogP contribution in [0.2, 0.25) is 0 Å². The number of amides is 1. The third kappa shape index (κ3) is 9.35. The number of carbonyl (C=O) groups is 2. The van der Waals surface area contributed by atoms with Crippen molar-refractivity contribution in [1.82, 2.24) is 14.9 Å². The van der Waals surface area contributed by atoms with Gasteiger partial charge in [-0.3, -0.25) is 9.59 Å². The predicted octanol–water partition coefficient (Wildman–Crippen LogP) is 10.1. The molecular formula is C46H67N7O4. The molecule has 0 bridgehead atoms. The number of nitrogens with zero attached hydrogens (tertiary/aromatic N) is 6. The van der Waals surface area contributed by atoms with Crippen LogP contribution in [0.4, 0.5) is 17.1 Å². The molecule has 310 valence electrons. The van der Waals surface area contributed by atoms with Crippen LogP contribution in [0.15, 0.2) is 46.5 Å². The second kappa shape index (κ2) is 16.8. The zero-order chi connectivity index (χ0) is 42.1. The Morgan fingerprint density at radius 3 is 2.35 bits per heavy atom. The lowest BCUT2D eigenvalue weighted by Gasteiger charge is -2.48. The number of nitrogens with one attached hydrogen (secondary N) is 1. The van der Waals surface area contributed by atoms with Crippen molar-refractivity contribution in [1.29, 1.82) is 0 Å². The second-order valence-corrected chi connectivity index (χ2v) is 19.0. The molecular weight excluding hydrogens is 715 g/mol. The maximum absolute atomic E-state index is 13.7. The van der Waals surface area contributed by atoms with Crippen molar-refractivity contribution in [2.24, 2.45) is 32.3 Å². The van der Waals surface area contributed by atoms with Crippen LogP contribution in [0, 0.1) is 29.1 Å². The summed E-state index contributed by atoms with van der Waals surface area (Å²) >= 11 is 0. The molecule has 2 aliphatic rings. The Morgan fingerprint density at radius 2 is 1.74 bits per heavy atom. The molecule has 0 fully saturated rings. The zero-order valence-corrected chi connectivity index (χ0v) is 37.1. The van der Waals surface area contributed by atoms with Gasteiger partial charge in [0.2, 0.25) is 11.7 Å². The number of fused-ring (bicyclic) bond motifs is 2. The molecule has 11 nitrogen and oxygen atoms in total. The largest absolute Gasteiger partial charge is 0.465 e. The van der Waals surface area contributed by atoms with Crippen LogP contribution in [0.3, 0.4) is 0 Å². The highest BCUT2D eigenvalue weighted by atomic mass is 16.5. The minimum Gasteiger partial charge on any atom is -0.465 e. The summed E-state index contributed by atoms with van der Waals surface area (Å²) in [5.74, 6) is 1.55. The molecule has 1 amide bonds. The standard InChI is InChI=1S/C46H67N7O4/c1-15-44(10,11)46(14,26-29(3)4)42(55)57-23-17-22-52-36-24-30(5)35(25-34(36)31(6)27-45(52,12)13)48-38-39(43(7,8)9)50-53-41(38)49-40(51-53)32-18-20-33(21-19-32)47-37(54)28-56-16-2/h18-21,24-25,29,31H,15-17,22-23,26-28H2,1-14H3,(H,47,54). The van der Waals surface area contributed by atoms with E-state index >= 15 is 0 Å². The van der Waals surface area contributed by atoms with Gasteiger partial charge in [0, 0.05) is 41.0 Å². The molecule has 11 heteroatoms. The average Bonchev–Trinajstić information content (AvgIpc) is 3.69. The van der Waals surface area contributed by atoms with Gasteiger partial charge >= 0.3 is 5.97 Å². The molecule has 57 heavy (non-hydrogen) atoms. The van der Waals surface area contributed by atoms with Crippen molar-refractivity contribution in [3.63, 3.8) is 0 Å². The smallest absolute Gasteiger partial charge is 0.312 e. The summed E-state index contributed by atoms with van der Waals surface area (Å²) in [7, 11) is 0. The third-order valence-corrected chi connectivity index (χ3v) is 12.1. The molecule has 2 aliphatic heterocycles. The predicted molar refractivity (Wildman–Crippen MR) is 232 cm³/mol. The Kier molecular flexibility index (Phi) is 12.9. The van der Waals surface area contributed by atoms with E-state index in [9.17, 15) is 9.59 Å². The summed E-state index contributed by atoms with van der Waals surface area (Å²) in [5.41, 5.74) is 6.33. The van der Waals surface area contributed by atoms with E-state index in [1.54, 1.807) is 4.79 Å². The molecule has 3 aromatic rings. The van der Waals surface area contributed by atoms with Gasteiger partial charge in [-0.1, -0.05) is 62.3 Å². The second-order valence-electron chi connectivity index (χ2n) is 19.0. The maximum Gasteiger partial charge on any atom is 0.312 e. The van der Waals surface area contributed by atoms with Gasteiger partial charge in [-0.05, 0) is 125 Å². The summed E-state index contributed by atoms with van der Waals surface area (Å²) in [5, 5.41) is 12.5. The third-order valence-electron chi connectivity index (χ3n) is 12.1. The number of aryl methyl sites for hydroxylation is 1. The van der Waals surface area contributed by atoms with Crippen molar-refractivity contribution in [3.05, 3.63) is 53.3 Å². The Hall–Kier alpha value is -4.38. The van der Waals surface area contributed by atoms with Crippen LogP contribution < -0.4 is 10.2 Å². The van der Waals surface area contributed by atoms with Crippen molar-refractivity contribution in [2.75, 3.05) is 36.6 Å². The van der Waals surface area contributed by atoms with Crippen molar-refractivity contribution in [3.8, 4) is 11.4 Å². The first-order valence-corrected chi connectivity index (χ1v) is 20.8. The van der Waals surface area contributed by atoms with Gasteiger partial charge in [-0.15, -0.1) is 9.89 Å². The Bertz CT molecular complexity index is 2000. The molecule has 5 rings (SSSR count). The summed E-state index contributed by atoms with van der Waals surface area (Å²) in [6.45, 7) is 31.9. The lowest BCUT2D eigenvalue weighted by molar-refractivity contribution is -0.164. The van der Waals surface area contributed by atoms with Gasteiger partial charge in [-0.25, -0.2) is 9.98 Å². The molecule has 2 unspecified atom stereocenters. The lowest BCUT2D eigenvalue weighted by atomic mass is 9.62. The van der Waals surface area contributed by atoms with Crippen LogP contribution in [0.5, 0.6) is 0 Å². The first-order valence-electron chi connectivity index (χ1n) is 20.8. The van der Waals surface area contributed by atoms with E-state index in [4.69, 9.17) is 29.7 Å². The van der Waals surface area contributed by atoms with E-state index in [-0.39, 0.29) is 34.9 Å². The van der Waals surface area contributed by atoms with E-state index in [1.807, 2.05) is 31.2 Å². The molecule has 0 spiro atoms. The number of anilines is 2. The van der Waals surface area contributed by atoms with Crippen LogP contribution in [0.25, 0.3) is 11.4 Å². The highest BCUT2D eigenvalue weighted by Gasteiger charge is 2.47. The zero-order valence-electron chi connectivity index (χ0n) is 37.1. The minimum atomic E-state index is -0.543. The van der Waals surface area contributed by atoms with Gasteiger partial charge in [0.05, 0.1) is 23.4 Å². The highest BCUT2D eigenvalue weighted by molar-refractivity contribution is 6.50. The molecule has 1 N–H and O–H groups in total. The number of hydrogen-bond acceptors (Lipinski definition) is 9. The summed E-state index contributed by atoms with van der Waals surface area (Å²) in [6, 6.07) is 11.9. The fourth-order valence-electron chi connectivity index (χ4n) is 8.27. The molecule has 0 saturated heterocycles. The summed E-state index contributed by atoms with van der Waals surface area (Å²) in [4.78, 5) is 40.2. The van der Waals surface area contributed by atoms with Gasteiger partial charge in [0.25, 0.3) is 0 Å². The molecule has 2 atom stereocenters. The minimum absolute atomic E-state index is 0.0116. The van der Waals surface area contributed by atoms with Crippen molar-refractivity contribution < 1.29 is 19.1 Å². The van der Waals surface area contributed by atoms with Gasteiger partial charge in [0.15, 0.2) is 5.82 Å². The molecule has 3 heterocycles. The van der Waals surface area contributed by atoms with Crippen LogP contribution >= 0.6 is 0 Å². The van der Waals surface area contributed by atoms with E-state index in [1.165, 1.54) is 11.3 Å². The normalized spacial score (nSPS) is 18.3. The number of benzene rings is 2. The summed E-state index contributed by atoms with van der Waals surface area (Å²) < 4.78 is 11.3. The summed E-state index contributed by atoms with van der Waals surface area (Å²) in [6.07, 6.45) is 3.44. The van der Waals surface area contributed by atoms with Crippen molar-refractivity contribution >= 4 is 40.4 Å². The first-order chi connectivity index (χ1) is 26.6. The average molecular weight is 782 g/mol. The van der Waals surface area contributed by atoms with Gasteiger partial charge in [0.1, 0.15) is 12.3 Å². The van der Waals surface area contributed by atoms with E-state index in [0.717, 1.165) is 54.8 Å². The van der Waals surface area contributed by atoms with Crippen LogP contribution in [-0.2, 0) is 19.1 Å². The number of esters is 1. The SMILES string of the molecule is CCOCC(=O)Nc1ccc(-c2nc3n(n2)N=C(C(C)(C)C)C3=Nc2cc3c(cc2C)N(CCCOC(=O)C(C)(CC(C)C)C(C)(C)CC)C(C)(C)CC3C)cc1. The number of ether oxygens (including phenoxy) is 2. The van der Waals surface area contributed by atoms with E-state index in [0.29, 0.717) is 48.1 Å². The van der Waals surface area contributed by atoms with Crippen LogP contribution in [0.1, 0.15) is 139 Å². The monoisotopic (exact) mass is 782 g/mol. The quantitative estimate of drug-likeness (QED) is 0.120. The van der Waals surface area contributed by atoms with Crippen LogP contribution in [-0.4, -0.2) is 70.1 Å². The molecule has 0 saturated carbocycles. The van der Waals surface area contributed by atoms with Crippen molar-refractivity contribution in [2.45, 2.75) is 134 Å². The number of rotatable bonds is 15. The van der Waals surface area contributed by atoms with E-state index < -0.39 is 5.41 Å².